The van der Waals surface area contributed by atoms with Gasteiger partial charge in [0.25, 0.3) is 5.91 Å². The number of benzene rings is 2. The van der Waals surface area contributed by atoms with Crippen LogP contribution >= 0.6 is 11.6 Å². The molecule has 0 saturated carbocycles. The van der Waals surface area contributed by atoms with Crippen molar-refractivity contribution in [3.63, 3.8) is 0 Å². The number of carbonyl (C=O) groups excluding carboxylic acids is 3. The Labute approximate surface area is 233 Å². The van der Waals surface area contributed by atoms with Crippen LogP contribution in [0.15, 0.2) is 42.5 Å². The van der Waals surface area contributed by atoms with Crippen LogP contribution in [0.2, 0.25) is 23.7 Å². The predicted octanol–water partition coefficient (Wildman–Crippen LogP) is 3.69. The summed E-state index contributed by atoms with van der Waals surface area (Å²) >= 11 is 6.41. The van der Waals surface area contributed by atoms with E-state index in [-0.39, 0.29) is 42.8 Å². The van der Waals surface area contributed by atoms with E-state index in [1.165, 1.54) is 11.8 Å². The zero-order chi connectivity index (χ0) is 28.3. The zero-order valence-corrected chi connectivity index (χ0v) is 24.1. The van der Waals surface area contributed by atoms with Gasteiger partial charge >= 0.3 is 5.97 Å². The molecule has 208 valence electrons. The number of anilines is 2. The molecule has 39 heavy (non-hydrogen) atoms. The van der Waals surface area contributed by atoms with Gasteiger partial charge in [0.15, 0.2) is 20.1 Å². The number of hydrogen-bond donors (Lipinski definition) is 2. The van der Waals surface area contributed by atoms with Crippen molar-refractivity contribution < 1.29 is 33.8 Å². The Morgan fingerprint density at radius 1 is 1.23 bits per heavy atom. The van der Waals surface area contributed by atoms with E-state index in [1.54, 1.807) is 35.2 Å². The first-order chi connectivity index (χ1) is 18.4. The molecule has 1 spiro atoms. The highest BCUT2D eigenvalue weighted by Crippen LogP contribution is 2.60. The number of carbonyl (C=O) groups is 3. The Morgan fingerprint density at radius 2 is 1.97 bits per heavy atom. The molecule has 0 radical (unpaired) electrons. The zero-order valence-electron chi connectivity index (χ0n) is 22.4. The van der Waals surface area contributed by atoms with Crippen LogP contribution in [0.4, 0.5) is 11.4 Å². The van der Waals surface area contributed by atoms with Crippen LogP contribution in [0.25, 0.3) is 0 Å². The van der Waals surface area contributed by atoms with E-state index in [0.717, 1.165) is 5.56 Å². The molecule has 3 heterocycles. The number of aliphatic hydroxyl groups excluding tert-OH is 1. The highest BCUT2D eigenvalue weighted by atomic mass is 35.5. The van der Waals surface area contributed by atoms with Crippen LogP contribution in [0.3, 0.4) is 0 Å². The van der Waals surface area contributed by atoms with Crippen LogP contribution in [0, 0.1) is 5.92 Å². The molecule has 0 aromatic heterocycles. The summed E-state index contributed by atoms with van der Waals surface area (Å²) in [5.74, 6) is -1.22. The average molecular weight is 573 g/mol. The van der Waals surface area contributed by atoms with Crippen molar-refractivity contribution in [2.75, 3.05) is 16.4 Å². The molecule has 1 unspecified atom stereocenters. The lowest BCUT2D eigenvalue weighted by Crippen LogP contribution is -2.54. The monoisotopic (exact) mass is 572 g/mol. The minimum atomic E-state index is -2.80. The summed E-state index contributed by atoms with van der Waals surface area (Å²) in [4.78, 5) is 52.4. The first kappa shape index (κ1) is 27.8. The number of esters is 1. The minimum absolute atomic E-state index is 0.120. The van der Waals surface area contributed by atoms with Crippen molar-refractivity contribution in [3.8, 4) is 0 Å². The molecule has 5 rings (SSSR count). The molecule has 2 aromatic carbocycles. The van der Waals surface area contributed by atoms with Crippen LogP contribution in [-0.4, -0.2) is 54.9 Å². The standard InChI is InChI=1S/C28H33ClN2O7Si/c1-16-26(39(3,4)36)23(10-11-32)38-28(16)21-13-19(29)8-9-22(21)30(27(28)35)15-18-6-5-7-20(12-18)31-24(34)14-25(31)37-17(2)33/h5-9,12-13,16,23,25-26,32,36H,10-11,14-15H2,1-4H3/t16-,23+,25?,26-,28+/m0/s1. The fraction of sp³-hybridized carbons (Fsp3) is 0.464. The maximum absolute atomic E-state index is 14.4. The maximum atomic E-state index is 14.4. The second-order valence-electron chi connectivity index (χ2n) is 11.1. The molecule has 9 nitrogen and oxygen atoms in total. The minimum Gasteiger partial charge on any atom is -0.441 e. The lowest BCUT2D eigenvalue weighted by Gasteiger charge is -2.39. The number of fused-ring (bicyclic) bond motifs is 2. The number of β-lactam (4-membered cyclic amide) rings is 1. The predicted molar refractivity (Wildman–Crippen MR) is 148 cm³/mol. The summed E-state index contributed by atoms with van der Waals surface area (Å²) in [5, 5.41) is 10.2. The van der Waals surface area contributed by atoms with Crippen molar-refractivity contribution in [1.82, 2.24) is 0 Å². The van der Waals surface area contributed by atoms with Crippen LogP contribution in [-0.2, 0) is 36.0 Å². The van der Waals surface area contributed by atoms with E-state index in [0.29, 0.717) is 28.4 Å². The second-order valence-corrected chi connectivity index (χ2v) is 15.5. The van der Waals surface area contributed by atoms with Crippen LogP contribution < -0.4 is 9.80 Å². The fourth-order valence-electron chi connectivity index (χ4n) is 6.57. The summed E-state index contributed by atoms with van der Waals surface area (Å²) in [6, 6.07) is 12.5. The van der Waals surface area contributed by atoms with Crippen molar-refractivity contribution in [1.29, 1.82) is 0 Å². The van der Waals surface area contributed by atoms with Gasteiger partial charge in [0.1, 0.15) is 0 Å². The van der Waals surface area contributed by atoms with Gasteiger partial charge < -0.3 is 24.3 Å². The smallest absolute Gasteiger partial charge is 0.304 e. The van der Waals surface area contributed by atoms with Gasteiger partial charge in [-0.15, -0.1) is 0 Å². The van der Waals surface area contributed by atoms with Gasteiger partial charge in [0.2, 0.25) is 5.91 Å². The van der Waals surface area contributed by atoms with E-state index in [1.807, 2.05) is 32.2 Å². The molecule has 2 saturated heterocycles. The Bertz CT molecular complexity index is 1330. The van der Waals surface area contributed by atoms with Crippen molar-refractivity contribution in [2.24, 2.45) is 5.92 Å². The molecule has 2 amide bonds. The molecule has 2 N–H and O–H groups in total. The van der Waals surface area contributed by atoms with Gasteiger partial charge in [-0.3, -0.25) is 19.3 Å². The molecular weight excluding hydrogens is 540 g/mol. The SMILES string of the molecule is CC(=O)OC1CC(=O)N1c1cccc(CN2C(=O)[C@]3(O[C@H](CCO)[C@@H]([Si](C)(C)O)[C@@H]3C)c3cc(Cl)ccc32)c1. The summed E-state index contributed by atoms with van der Waals surface area (Å²) in [5.41, 5.74) is 1.04. The van der Waals surface area contributed by atoms with Crippen molar-refractivity contribution in [2.45, 2.75) is 69.8 Å². The van der Waals surface area contributed by atoms with E-state index in [4.69, 9.17) is 21.1 Å². The molecule has 0 aliphatic carbocycles. The van der Waals surface area contributed by atoms with Gasteiger partial charge in [-0.2, -0.15) is 0 Å². The Morgan fingerprint density at radius 3 is 2.62 bits per heavy atom. The number of amides is 2. The van der Waals surface area contributed by atoms with Gasteiger partial charge in [-0.25, -0.2) is 0 Å². The largest absolute Gasteiger partial charge is 0.441 e. The number of hydrogen-bond acceptors (Lipinski definition) is 7. The summed E-state index contributed by atoms with van der Waals surface area (Å²) in [6.07, 6.45) is -0.692. The number of ether oxygens (including phenoxy) is 2. The highest BCUT2D eigenvalue weighted by molar-refractivity contribution is 6.71. The van der Waals surface area contributed by atoms with E-state index >= 15 is 0 Å². The number of halogens is 1. The second kappa shape index (κ2) is 10.0. The molecule has 3 aliphatic rings. The van der Waals surface area contributed by atoms with Crippen LogP contribution in [0.5, 0.6) is 0 Å². The summed E-state index contributed by atoms with van der Waals surface area (Å²) in [7, 11) is -2.80. The van der Waals surface area contributed by atoms with E-state index in [2.05, 4.69) is 0 Å². The van der Waals surface area contributed by atoms with Gasteiger partial charge in [0.05, 0.1) is 24.8 Å². The van der Waals surface area contributed by atoms with E-state index < -0.39 is 32.2 Å². The molecule has 3 aliphatic heterocycles. The third-order valence-electron chi connectivity index (χ3n) is 8.10. The lowest BCUT2D eigenvalue weighted by molar-refractivity contribution is -0.154. The van der Waals surface area contributed by atoms with Crippen molar-refractivity contribution in [3.05, 3.63) is 58.6 Å². The van der Waals surface area contributed by atoms with Crippen molar-refractivity contribution >= 4 is 49.1 Å². The highest BCUT2D eigenvalue weighted by Gasteiger charge is 2.66. The van der Waals surface area contributed by atoms with E-state index in [9.17, 15) is 24.3 Å². The molecular formula is C28H33ClN2O7Si. The first-order valence-electron chi connectivity index (χ1n) is 13.1. The molecule has 11 heteroatoms. The first-order valence-corrected chi connectivity index (χ1v) is 16.5. The Hall–Kier alpha value is -2.76. The maximum Gasteiger partial charge on any atom is 0.304 e. The Kier molecular flexibility index (Phi) is 7.13. The third kappa shape index (κ3) is 4.58. The summed E-state index contributed by atoms with van der Waals surface area (Å²) in [6.45, 7) is 6.99. The quantitative estimate of drug-likeness (QED) is 0.295. The van der Waals surface area contributed by atoms with Crippen LogP contribution in [0.1, 0.15) is 37.8 Å². The average Bonchev–Trinajstić information content (AvgIpc) is 3.25. The van der Waals surface area contributed by atoms with Gasteiger partial charge in [0, 0.05) is 41.3 Å². The molecule has 0 bridgehead atoms. The molecule has 5 atom stereocenters. The normalized spacial score (nSPS) is 28.2. The molecule has 2 fully saturated rings. The third-order valence-corrected chi connectivity index (χ3v) is 10.8. The molecule has 2 aromatic rings. The number of aliphatic hydroxyl groups is 1. The number of rotatable bonds is 7. The summed E-state index contributed by atoms with van der Waals surface area (Å²) < 4.78 is 11.8. The van der Waals surface area contributed by atoms with Gasteiger partial charge in [-0.05, 0) is 55.4 Å². The fourth-order valence-corrected chi connectivity index (χ4v) is 9.35. The lowest BCUT2D eigenvalue weighted by atomic mass is 9.82. The Balaban J connectivity index is 1.51. The van der Waals surface area contributed by atoms with Gasteiger partial charge in [-0.1, -0.05) is 30.7 Å². The number of nitrogens with zero attached hydrogens (tertiary/aromatic N) is 2. The topological polar surface area (TPSA) is 117 Å².